The van der Waals surface area contributed by atoms with Crippen molar-refractivity contribution in [2.75, 3.05) is 0 Å². The van der Waals surface area contributed by atoms with E-state index in [4.69, 9.17) is 121 Å². The van der Waals surface area contributed by atoms with Crippen LogP contribution < -0.4 is 42.1 Å². The van der Waals surface area contributed by atoms with E-state index in [0.717, 1.165) is 0 Å². The number of hydrogen-bond donors (Lipinski definition) is 8. The van der Waals surface area contributed by atoms with Crippen LogP contribution in [0.15, 0.2) is 0 Å². The molecule has 44 heavy (non-hydrogen) atoms. The molecule has 0 aromatic rings. The van der Waals surface area contributed by atoms with Crippen LogP contribution in [-0.4, -0.2) is 153 Å². The fraction of sp³-hybridized carbons (Fsp3) is 0. The standard InChI is InChI=1S/8CH2O4.2Al.Mg.H2O/c8*2-1(3)5-4;;;;/h8*4H,(H,2,3);;;;1H2/q;;;;;;;;2*+3;+2;/p-8. The smallest absolute Gasteiger partial charge is 0.659 e. The summed E-state index contributed by atoms with van der Waals surface area (Å²) in [6, 6.07) is 0. The Balaban J connectivity index is -0.0000000263. The van der Waals surface area contributed by atoms with E-state index in [1.807, 2.05) is 0 Å². The first kappa shape index (κ1) is 77.5. The van der Waals surface area contributed by atoms with Crippen molar-refractivity contribution in [1.82, 2.24) is 0 Å². The van der Waals surface area contributed by atoms with Crippen molar-refractivity contribution in [1.29, 1.82) is 0 Å². The Labute approximate surface area is 272 Å². The van der Waals surface area contributed by atoms with Crippen LogP contribution in [0.3, 0.4) is 0 Å². The van der Waals surface area contributed by atoms with Crippen molar-refractivity contribution in [3.63, 3.8) is 0 Å². The Morgan fingerprint density at radius 1 is 0.295 bits per heavy atom. The van der Waals surface area contributed by atoms with Crippen LogP contribution in [0.5, 0.6) is 0 Å². The van der Waals surface area contributed by atoms with Crippen LogP contribution >= 0.6 is 0 Å². The minimum Gasteiger partial charge on any atom is -0.659 e. The third-order valence-electron chi connectivity index (χ3n) is 0.570. The van der Waals surface area contributed by atoms with Crippen molar-refractivity contribution in [2.45, 2.75) is 0 Å². The largest absolute Gasteiger partial charge is 3.00 e. The van der Waals surface area contributed by atoms with E-state index < -0.39 is 49.2 Å². The summed E-state index contributed by atoms with van der Waals surface area (Å²) in [6.45, 7) is 0. The first-order chi connectivity index (χ1) is 18.2. The van der Waals surface area contributed by atoms with E-state index in [1.165, 1.54) is 0 Å². The van der Waals surface area contributed by atoms with Gasteiger partial charge in [0.2, 0.25) is 0 Å². The maximum absolute atomic E-state index is 8.83. The van der Waals surface area contributed by atoms with Crippen molar-refractivity contribution in [3.05, 3.63) is 0 Å². The Kier molecular flexibility index (Phi) is 126. The van der Waals surface area contributed by atoms with E-state index in [0.29, 0.717) is 0 Å². The van der Waals surface area contributed by atoms with Crippen LogP contribution in [0.1, 0.15) is 0 Å². The van der Waals surface area contributed by atoms with Crippen LogP contribution in [0.25, 0.3) is 0 Å². The van der Waals surface area contributed by atoms with Gasteiger partial charge in [0.1, 0.15) is 0 Å². The molecule has 0 radical (unpaired) electrons. The molecular weight excluding hydrogens is 702 g/mol. The molecule has 0 saturated carbocycles. The van der Waals surface area contributed by atoms with Crippen LogP contribution in [0.2, 0.25) is 0 Å². The zero-order valence-corrected chi connectivity index (χ0v) is 23.5. The van der Waals surface area contributed by atoms with Crippen LogP contribution in [0.4, 0.5) is 38.4 Å². The number of hydrogen-bond acceptors (Lipinski definition) is 24. The van der Waals surface area contributed by atoms with E-state index >= 15 is 0 Å². The summed E-state index contributed by atoms with van der Waals surface area (Å²) in [5.74, 6) is 0. The van der Waals surface area contributed by atoms with Crippen molar-refractivity contribution >= 4 is 107 Å². The average Bonchev–Trinajstić information content (AvgIpc) is 2.90. The summed E-state index contributed by atoms with van der Waals surface area (Å²) in [7, 11) is 0. The zero-order chi connectivity index (χ0) is 34.3. The molecule has 0 aliphatic heterocycles. The fourth-order valence-electron chi connectivity index (χ4n) is 0. The number of carbonyl (C=O) groups is 8. The summed E-state index contributed by atoms with van der Waals surface area (Å²) in [5.41, 5.74) is 0. The summed E-state index contributed by atoms with van der Waals surface area (Å²) in [6.07, 6.45) is -14.4. The minimum atomic E-state index is -1.80. The molecule has 0 aromatic carbocycles. The predicted molar refractivity (Wildman–Crippen MR) is 93.8 cm³/mol. The number of carboxylic acid groups (broad SMARTS) is 8. The van der Waals surface area contributed by atoms with Gasteiger partial charge in [-0.25, -0.2) is 38.4 Å². The van der Waals surface area contributed by atoms with Gasteiger partial charge < -0.3 is 127 Å². The first-order valence-electron chi connectivity index (χ1n) is 6.39. The summed E-state index contributed by atoms with van der Waals surface area (Å²) >= 11 is 0. The van der Waals surface area contributed by atoms with Gasteiger partial charge in [-0.3, -0.25) is 0 Å². The third kappa shape index (κ3) is 373. The molecule has 0 atom stereocenters. The average molecular weight is 712 g/mol. The van der Waals surface area contributed by atoms with Crippen LogP contribution in [-0.2, 0) is 39.1 Å². The molecule has 0 spiro atoms. The maximum atomic E-state index is 8.83. The molecule has 36 heteroatoms. The van der Waals surface area contributed by atoms with Crippen molar-refractivity contribution < 1.29 is 166 Å². The van der Waals surface area contributed by atoms with Crippen LogP contribution in [0, 0.1) is 0 Å². The molecule has 248 valence electrons. The Morgan fingerprint density at radius 3 is 0.318 bits per heavy atom. The van der Waals surface area contributed by atoms with E-state index in [2.05, 4.69) is 39.1 Å². The minimum absolute atomic E-state index is 0. The van der Waals surface area contributed by atoms with Gasteiger partial charge in [0.15, 0.2) is 0 Å². The van der Waals surface area contributed by atoms with Gasteiger partial charge in [0, 0.05) is 0 Å². The fourth-order valence-corrected chi connectivity index (χ4v) is 0. The number of rotatable bonds is 0. The van der Waals surface area contributed by atoms with E-state index in [9.17, 15) is 0 Å². The monoisotopic (exact) mass is 712 g/mol. The Morgan fingerprint density at radius 2 is 0.318 bits per heavy atom. The summed E-state index contributed by atoms with van der Waals surface area (Å²) in [5, 5.41) is 126. The zero-order valence-electron chi connectivity index (χ0n) is 19.7. The Hall–Kier alpha value is -4.37. The second kappa shape index (κ2) is 71.7. The molecule has 0 fully saturated rings. The summed E-state index contributed by atoms with van der Waals surface area (Å²) < 4.78 is 0. The predicted octanol–water partition coefficient (Wildman–Crippen LogP) is -10.3. The molecule has 33 nitrogen and oxygen atoms in total. The molecule has 0 bridgehead atoms. The van der Waals surface area contributed by atoms with Crippen molar-refractivity contribution in [2.24, 2.45) is 0 Å². The second-order valence-corrected chi connectivity index (χ2v) is 2.79. The van der Waals surface area contributed by atoms with Gasteiger partial charge in [-0.1, -0.05) is 0 Å². The quantitative estimate of drug-likeness (QED) is 0.0656. The first-order valence-corrected chi connectivity index (χ1v) is 6.39. The molecule has 0 saturated heterocycles. The van der Waals surface area contributed by atoms with Gasteiger partial charge in [-0.2, -0.15) is 0 Å². The molecule has 0 aliphatic rings. The second-order valence-electron chi connectivity index (χ2n) is 2.79. The molecule has 0 aromatic heterocycles. The van der Waals surface area contributed by atoms with Crippen molar-refractivity contribution in [3.8, 4) is 0 Å². The normalized spacial score (nSPS) is 6.00. The molecule has 0 unspecified atom stereocenters. The van der Waals surface area contributed by atoms with Gasteiger partial charge in [0.25, 0.3) is 0 Å². The van der Waals surface area contributed by atoms with Gasteiger partial charge in [-0.05, 0) is 0 Å². The summed E-state index contributed by atoms with van der Waals surface area (Å²) in [4.78, 5) is 90.0. The molecule has 0 heterocycles. The molecule has 0 rings (SSSR count). The maximum Gasteiger partial charge on any atom is 3.00 e. The third-order valence-corrected chi connectivity index (χ3v) is 0.570. The SMILES string of the molecule is O.O=C(O)O[O-].O=C(O)O[O-].O=C(O)O[O-].O=C(O)O[O-].O=C(O)O[O-].O=C(O)O[O-].O=C(O)O[O-].O=C(O)O[O-].[Al+3].[Al+3].[Mg+2]. The molecule has 10 N–H and O–H groups in total. The van der Waals surface area contributed by atoms with E-state index in [-0.39, 0.29) is 63.3 Å². The van der Waals surface area contributed by atoms with Gasteiger partial charge in [0.05, 0.1) is 0 Å². The molecule has 0 amide bonds. The van der Waals surface area contributed by atoms with E-state index in [1.54, 1.807) is 0 Å². The topological polar surface area (TPSA) is 588 Å². The molecular formula is C8H10Al2MgO33. The van der Waals surface area contributed by atoms with Gasteiger partial charge >= 0.3 is 107 Å². The van der Waals surface area contributed by atoms with Gasteiger partial charge in [-0.15, -0.1) is 0 Å². The molecule has 0 aliphatic carbocycles. The Bertz CT molecular complexity index is 498.